The molecule has 0 unspecified atom stereocenters. The van der Waals surface area contributed by atoms with Gasteiger partial charge < -0.3 is 14.8 Å². The number of hydrogen-bond donors (Lipinski definition) is 1. The van der Waals surface area contributed by atoms with Gasteiger partial charge in [0.25, 0.3) is 0 Å². The summed E-state index contributed by atoms with van der Waals surface area (Å²) >= 11 is 0. The van der Waals surface area contributed by atoms with E-state index in [1.165, 1.54) is 0 Å². The average molecular weight is 495 g/mol. The zero-order chi connectivity index (χ0) is 24.5. The van der Waals surface area contributed by atoms with E-state index in [1.807, 2.05) is 32.0 Å². The normalized spacial score (nSPS) is 18.0. The Morgan fingerprint density at radius 2 is 1.71 bits per heavy atom. The molecular weight excluding hydrogens is 466 g/mol. The fourth-order valence-electron chi connectivity index (χ4n) is 4.33. The van der Waals surface area contributed by atoms with Gasteiger partial charge in [0.1, 0.15) is 29.7 Å². The maximum atomic E-state index is 14.1. The van der Waals surface area contributed by atoms with Crippen molar-refractivity contribution in [3.63, 3.8) is 0 Å². The smallest absolute Gasteiger partial charge is 0.246 e. The van der Waals surface area contributed by atoms with Crippen LogP contribution in [0.25, 0.3) is 0 Å². The number of carbonyl (C=O) groups is 1. The SMILES string of the molecule is CC(C)[C@@H](NC(=O)C1CCN(S(=O)(=O)c2cc(F)ccc2F)CC1)c1ccc2c(c1)OCCO2. The Morgan fingerprint density at radius 1 is 1.03 bits per heavy atom. The number of halogens is 2. The maximum absolute atomic E-state index is 14.1. The Morgan fingerprint density at radius 3 is 2.38 bits per heavy atom. The number of amides is 1. The van der Waals surface area contributed by atoms with Gasteiger partial charge in [-0.25, -0.2) is 17.2 Å². The molecule has 0 saturated carbocycles. The molecule has 2 heterocycles. The maximum Gasteiger partial charge on any atom is 0.246 e. The Labute approximate surface area is 198 Å². The van der Waals surface area contributed by atoms with Gasteiger partial charge in [-0.2, -0.15) is 4.31 Å². The van der Waals surface area contributed by atoms with Crippen molar-refractivity contribution in [2.45, 2.75) is 37.6 Å². The van der Waals surface area contributed by atoms with Gasteiger partial charge in [-0.15, -0.1) is 0 Å². The summed E-state index contributed by atoms with van der Waals surface area (Å²) in [7, 11) is -4.19. The van der Waals surface area contributed by atoms with Crippen LogP contribution in [0.4, 0.5) is 8.78 Å². The Balaban J connectivity index is 1.42. The predicted molar refractivity (Wildman–Crippen MR) is 121 cm³/mol. The van der Waals surface area contributed by atoms with E-state index in [1.54, 1.807) is 0 Å². The van der Waals surface area contributed by atoms with E-state index >= 15 is 0 Å². The number of fused-ring (bicyclic) bond motifs is 1. The molecule has 0 bridgehead atoms. The van der Waals surface area contributed by atoms with Crippen molar-refractivity contribution >= 4 is 15.9 Å². The Bertz CT molecular complexity index is 1160. The second-order valence-electron chi connectivity index (χ2n) is 8.89. The molecule has 2 aromatic carbocycles. The molecule has 184 valence electrons. The second-order valence-corrected chi connectivity index (χ2v) is 10.8. The van der Waals surface area contributed by atoms with Crippen molar-refractivity contribution in [3.05, 3.63) is 53.6 Å². The van der Waals surface area contributed by atoms with Crippen LogP contribution < -0.4 is 14.8 Å². The van der Waals surface area contributed by atoms with Crippen LogP contribution in [0.1, 0.15) is 38.3 Å². The van der Waals surface area contributed by atoms with E-state index < -0.39 is 26.6 Å². The lowest BCUT2D eigenvalue weighted by molar-refractivity contribution is -0.127. The van der Waals surface area contributed by atoms with Gasteiger partial charge >= 0.3 is 0 Å². The Kier molecular flexibility index (Phi) is 7.09. The molecule has 34 heavy (non-hydrogen) atoms. The number of nitrogens with one attached hydrogen (secondary N) is 1. The highest BCUT2D eigenvalue weighted by Crippen LogP contribution is 2.35. The molecule has 1 N–H and O–H groups in total. The van der Waals surface area contributed by atoms with Gasteiger partial charge in [-0.3, -0.25) is 4.79 Å². The van der Waals surface area contributed by atoms with Crippen molar-refractivity contribution in [3.8, 4) is 11.5 Å². The van der Waals surface area contributed by atoms with Crippen LogP contribution in [-0.4, -0.2) is 44.9 Å². The summed E-state index contributed by atoms with van der Waals surface area (Å²) in [5.74, 6) is -0.958. The first-order valence-corrected chi connectivity index (χ1v) is 12.8. The summed E-state index contributed by atoms with van der Waals surface area (Å²) in [6, 6.07) is 7.71. The number of hydrogen-bond acceptors (Lipinski definition) is 5. The third-order valence-electron chi connectivity index (χ3n) is 6.23. The minimum atomic E-state index is -4.19. The molecule has 1 fully saturated rings. The molecule has 1 amide bonds. The van der Waals surface area contributed by atoms with Crippen molar-refractivity contribution in [1.82, 2.24) is 9.62 Å². The number of sulfonamides is 1. The molecule has 0 aromatic heterocycles. The molecule has 0 aliphatic carbocycles. The number of rotatable bonds is 6. The quantitative estimate of drug-likeness (QED) is 0.663. The monoisotopic (exact) mass is 494 g/mol. The number of ether oxygens (including phenoxy) is 2. The molecular formula is C24H28F2N2O5S. The topological polar surface area (TPSA) is 84.9 Å². The number of carbonyl (C=O) groups excluding carboxylic acids is 1. The number of piperidine rings is 1. The van der Waals surface area contributed by atoms with Gasteiger partial charge in [-0.05, 0) is 54.7 Å². The molecule has 2 aliphatic rings. The van der Waals surface area contributed by atoms with Crippen molar-refractivity contribution in [2.24, 2.45) is 11.8 Å². The third-order valence-corrected chi connectivity index (χ3v) is 8.14. The molecule has 0 radical (unpaired) electrons. The molecule has 0 spiro atoms. The molecule has 4 rings (SSSR count). The molecule has 2 aliphatic heterocycles. The molecule has 1 saturated heterocycles. The van der Waals surface area contributed by atoms with E-state index in [0.29, 0.717) is 30.8 Å². The van der Waals surface area contributed by atoms with E-state index in [0.717, 1.165) is 22.0 Å². The minimum absolute atomic E-state index is 0.0484. The zero-order valence-corrected chi connectivity index (χ0v) is 19.9. The molecule has 2 aromatic rings. The van der Waals surface area contributed by atoms with Crippen molar-refractivity contribution < 1.29 is 31.5 Å². The lowest BCUT2D eigenvalue weighted by atomic mass is 9.92. The largest absolute Gasteiger partial charge is 0.486 e. The highest BCUT2D eigenvalue weighted by Gasteiger charge is 2.34. The van der Waals surface area contributed by atoms with Gasteiger partial charge in [0, 0.05) is 19.0 Å². The lowest BCUT2D eigenvalue weighted by Crippen LogP contribution is -2.44. The van der Waals surface area contributed by atoms with Crippen molar-refractivity contribution in [1.29, 1.82) is 0 Å². The van der Waals surface area contributed by atoms with Crippen LogP contribution in [0, 0.1) is 23.5 Å². The van der Waals surface area contributed by atoms with Crippen LogP contribution in [-0.2, 0) is 14.8 Å². The van der Waals surface area contributed by atoms with E-state index in [4.69, 9.17) is 9.47 Å². The minimum Gasteiger partial charge on any atom is -0.486 e. The molecule has 1 atom stereocenters. The van der Waals surface area contributed by atoms with Crippen molar-refractivity contribution in [2.75, 3.05) is 26.3 Å². The lowest BCUT2D eigenvalue weighted by Gasteiger charge is -2.32. The van der Waals surface area contributed by atoms with E-state index in [9.17, 15) is 22.0 Å². The van der Waals surface area contributed by atoms with Crippen LogP contribution in [0.2, 0.25) is 0 Å². The fourth-order valence-corrected chi connectivity index (χ4v) is 5.88. The first kappa shape index (κ1) is 24.4. The van der Waals surface area contributed by atoms with E-state index in [-0.39, 0.29) is 49.7 Å². The third kappa shape index (κ3) is 5.02. The van der Waals surface area contributed by atoms with Gasteiger partial charge in [-0.1, -0.05) is 19.9 Å². The van der Waals surface area contributed by atoms with Crippen LogP contribution in [0.3, 0.4) is 0 Å². The summed E-state index contributed by atoms with van der Waals surface area (Å²) in [6.45, 7) is 5.07. The van der Waals surface area contributed by atoms with Gasteiger partial charge in [0.2, 0.25) is 15.9 Å². The van der Waals surface area contributed by atoms with Crippen LogP contribution >= 0.6 is 0 Å². The van der Waals surface area contributed by atoms with Crippen LogP contribution in [0.5, 0.6) is 11.5 Å². The molecule has 10 heteroatoms. The number of nitrogens with zero attached hydrogens (tertiary/aromatic N) is 1. The fraction of sp³-hybridized carbons (Fsp3) is 0.458. The highest BCUT2D eigenvalue weighted by molar-refractivity contribution is 7.89. The highest BCUT2D eigenvalue weighted by atomic mass is 32.2. The second kappa shape index (κ2) is 9.87. The molecule has 7 nitrogen and oxygen atoms in total. The summed E-state index contributed by atoms with van der Waals surface area (Å²) in [6.07, 6.45) is 0.571. The Hall–Kier alpha value is -2.72. The van der Waals surface area contributed by atoms with Gasteiger partial charge in [0.05, 0.1) is 6.04 Å². The van der Waals surface area contributed by atoms with Gasteiger partial charge in [0.15, 0.2) is 11.5 Å². The average Bonchev–Trinajstić information content (AvgIpc) is 2.83. The summed E-state index contributed by atoms with van der Waals surface area (Å²) in [5.41, 5.74) is 0.897. The number of benzene rings is 2. The predicted octanol–water partition coefficient (Wildman–Crippen LogP) is 3.65. The summed E-state index contributed by atoms with van der Waals surface area (Å²) in [5, 5.41) is 3.10. The zero-order valence-electron chi connectivity index (χ0n) is 19.1. The first-order chi connectivity index (χ1) is 16.2. The standard InChI is InChI=1S/C24H28F2N2O5S/c1-15(2)23(17-3-6-20-21(13-17)33-12-11-32-20)27-24(29)16-7-9-28(10-8-16)34(30,31)22-14-18(25)4-5-19(22)26/h3-6,13-16,23H,7-12H2,1-2H3,(H,27,29)/t23-/m1/s1. The summed E-state index contributed by atoms with van der Waals surface area (Å²) in [4.78, 5) is 12.4. The summed E-state index contributed by atoms with van der Waals surface area (Å²) < 4.78 is 65.5. The van der Waals surface area contributed by atoms with Crippen LogP contribution in [0.15, 0.2) is 41.3 Å². The van der Waals surface area contributed by atoms with E-state index in [2.05, 4.69) is 5.32 Å². The first-order valence-electron chi connectivity index (χ1n) is 11.3.